The third-order valence-corrected chi connectivity index (χ3v) is 3.60. The van der Waals surface area contributed by atoms with Gasteiger partial charge in [0.15, 0.2) is 0 Å². The molecule has 1 aromatic heterocycles. The van der Waals surface area contributed by atoms with Gasteiger partial charge < -0.3 is 14.8 Å². The molecule has 0 saturated carbocycles. The zero-order valence-corrected chi connectivity index (χ0v) is 12.2. The predicted molar refractivity (Wildman–Crippen MR) is 85.3 cm³/mol. The fourth-order valence-corrected chi connectivity index (χ4v) is 2.44. The minimum absolute atomic E-state index is 0.129. The van der Waals surface area contributed by atoms with Crippen LogP contribution in [-0.4, -0.2) is 28.1 Å². The summed E-state index contributed by atoms with van der Waals surface area (Å²) in [6.07, 6.45) is 0.442. The van der Waals surface area contributed by atoms with Gasteiger partial charge in [0.25, 0.3) is 0 Å². The summed E-state index contributed by atoms with van der Waals surface area (Å²) in [4.78, 5) is 26.7. The Balaban J connectivity index is 1.80. The number of hydrogen-bond donors (Lipinski definition) is 2. The largest absolute Gasteiger partial charge is 0.478 e. The molecule has 0 fully saturated rings. The van der Waals surface area contributed by atoms with E-state index in [-0.39, 0.29) is 6.42 Å². The van der Waals surface area contributed by atoms with Crippen LogP contribution in [0.3, 0.4) is 0 Å². The molecule has 0 aliphatic heterocycles. The summed E-state index contributed by atoms with van der Waals surface area (Å²) in [6.45, 7) is 0. The van der Waals surface area contributed by atoms with Crippen molar-refractivity contribution in [1.82, 2.24) is 4.98 Å². The molecule has 3 rings (SSSR count). The van der Waals surface area contributed by atoms with Crippen molar-refractivity contribution >= 4 is 22.8 Å². The third kappa shape index (κ3) is 3.23. The Bertz CT molecular complexity index is 838. The van der Waals surface area contributed by atoms with E-state index >= 15 is 0 Å². The molecule has 23 heavy (non-hydrogen) atoms. The van der Waals surface area contributed by atoms with Crippen molar-refractivity contribution in [2.75, 3.05) is 0 Å². The second-order valence-corrected chi connectivity index (χ2v) is 5.17. The maximum atomic E-state index is 12.3. The minimum Gasteiger partial charge on any atom is -0.478 e. The molecule has 2 N–H and O–H groups in total. The molecule has 0 aliphatic rings. The Morgan fingerprint density at radius 3 is 2.48 bits per heavy atom. The molecule has 0 aliphatic carbocycles. The van der Waals surface area contributed by atoms with Gasteiger partial charge in [-0.15, -0.1) is 0 Å². The zero-order valence-electron chi connectivity index (χ0n) is 12.2. The number of carboxylic acids is 1. The summed E-state index contributed by atoms with van der Waals surface area (Å²) in [5, 5.41) is 10.0. The smallest absolute Gasteiger partial charge is 0.345 e. The number of carbonyl (C=O) groups excluding carboxylic acids is 1. The highest BCUT2D eigenvalue weighted by Crippen LogP contribution is 2.19. The molecule has 0 unspecified atom stereocenters. The molecule has 0 spiro atoms. The lowest BCUT2D eigenvalue weighted by Gasteiger charge is -2.13. The Morgan fingerprint density at radius 1 is 1.04 bits per heavy atom. The van der Waals surface area contributed by atoms with Gasteiger partial charge in [0.05, 0.1) is 5.56 Å². The van der Waals surface area contributed by atoms with E-state index in [1.54, 1.807) is 18.2 Å². The van der Waals surface area contributed by atoms with Crippen LogP contribution in [0.5, 0.6) is 0 Å². The molecule has 1 heterocycles. The Hall–Kier alpha value is -3.08. The van der Waals surface area contributed by atoms with Gasteiger partial charge >= 0.3 is 11.9 Å². The highest BCUT2D eigenvalue weighted by Gasteiger charge is 2.24. The van der Waals surface area contributed by atoms with Crippen molar-refractivity contribution in [3.63, 3.8) is 0 Å². The number of fused-ring (bicyclic) bond motifs is 1. The van der Waals surface area contributed by atoms with Crippen LogP contribution in [-0.2, 0) is 16.0 Å². The van der Waals surface area contributed by atoms with Crippen molar-refractivity contribution in [3.05, 3.63) is 71.9 Å². The number of H-pyrrole nitrogens is 1. The molecule has 0 bridgehead atoms. The van der Waals surface area contributed by atoms with Crippen molar-refractivity contribution in [3.8, 4) is 0 Å². The van der Waals surface area contributed by atoms with Crippen LogP contribution < -0.4 is 0 Å². The van der Waals surface area contributed by atoms with E-state index in [1.165, 1.54) is 6.20 Å². The first-order chi connectivity index (χ1) is 11.1. The minimum atomic E-state index is -1.22. The van der Waals surface area contributed by atoms with Crippen molar-refractivity contribution in [2.24, 2.45) is 0 Å². The van der Waals surface area contributed by atoms with Gasteiger partial charge in [0, 0.05) is 23.5 Å². The van der Waals surface area contributed by atoms with Crippen LogP contribution in [0, 0.1) is 0 Å². The lowest BCUT2D eigenvalue weighted by atomic mass is 10.1. The second kappa shape index (κ2) is 6.36. The SMILES string of the molecule is O=C(O[C@H](Cc1ccccc1)C(=O)O)c1c[nH]c2ccccc12. The van der Waals surface area contributed by atoms with Crippen LogP contribution in [0.25, 0.3) is 10.9 Å². The van der Waals surface area contributed by atoms with Gasteiger partial charge in [-0.25, -0.2) is 9.59 Å². The standard InChI is InChI=1S/C18H15NO4/c20-17(21)16(10-12-6-2-1-3-7-12)23-18(22)14-11-19-15-9-5-4-8-13(14)15/h1-9,11,16,19H,10H2,(H,20,21)/t16-/m1/s1. The maximum absolute atomic E-state index is 12.3. The Labute approximate surface area is 132 Å². The molecule has 5 heteroatoms. The maximum Gasteiger partial charge on any atom is 0.345 e. The molecule has 0 amide bonds. The number of benzene rings is 2. The summed E-state index contributed by atoms with van der Waals surface area (Å²) in [5.41, 5.74) is 1.93. The number of carbonyl (C=O) groups is 2. The number of aromatic nitrogens is 1. The number of aromatic amines is 1. The van der Waals surface area contributed by atoms with Gasteiger partial charge in [-0.1, -0.05) is 48.5 Å². The highest BCUT2D eigenvalue weighted by molar-refractivity contribution is 6.04. The Morgan fingerprint density at radius 2 is 1.74 bits per heavy atom. The molecule has 0 saturated heterocycles. The molecule has 0 radical (unpaired) electrons. The number of esters is 1. The van der Waals surface area contributed by atoms with Crippen LogP contribution in [0.2, 0.25) is 0 Å². The molecule has 3 aromatic rings. The zero-order chi connectivity index (χ0) is 16.2. The van der Waals surface area contributed by atoms with Gasteiger partial charge in [-0.3, -0.25) is 0 Å². The van der Waals surface area contributed by atoms with E-state index in [0.29, 0.717) is 10.9 Å². The van der Waals surface area contributed by atoms with Crippen LogP contribution >= 0.6 is 0 Å². The van der Waals surface area contributed by atoms with Gasteiger partial charge in [0.1, 0.15) is 0 Å². The van der Waals surface area contributed by atoms with Gasteiger partial charge in [-0.05, 0) is 11.6 Å². The van der Waals surface area contributed by atoms with E-state index in [1.807, 2.05) is 36.4 Å². The molecule has 116 valence electrons. The van der Waals surface area contributed by atoms with Gasteiger partial charge in [-0.2, -0.15) is 0 Å². The number of rotatable bonds is 5. The first-order valence-electron chi connectivity index (χ1n) is 7.19. The molecule has 2 aromatic carbocycles. The highest BCUT2D eigenvalue weighted by atomic mass is 16.6. The Kier molecular flexibility index (Phi) is 4.10. The van der Waals surface area contributed by atoms with Gasteiger partial charge in [0.2, 0.25) is 6.10 Å². The molecule has 5 nitrogen and oxygen atoms in total. The fraction of sp³-hybridized carbons (Fsp3) is 0.111. The van der Waals surface area contributed by atoms with Crippen molar-refractivity contribution < 1.29 is 19.4 Å². The third-order valence-electron chi connectivity index (χ3n) is 3.60. The van der Waals surface area contributed by atoms with E-state index in [4.69, 9.17) is 4.74 Å². The summed E-state index contributed by atoms with van der Waals surface area (Å²) >= 11 is 0. The van der Waals surface area contributed by atoms with Crippen LogP contribution in [0.15, 0.2) is 60.8 Å². The quantitative estimate of drug-likeness (QED) is 0.710. The lowest BCUT2D eigenvalue weighted by molar-refractivity contribution is -0.147. The topological polar surface area (TPSA) is 79.4 Å². The fourth-order valence-electron chi connectivity index (χ4n) is 2.44. The number of hydrogen-bond acceptors (Lipinski definition) is 3. The monoisotopic (exact) mass is 309 g/mol. The number of nitrogens with one attached hydrogen (secondary N) is 1. The molecular formula is C18H15NO4. The van der Waals surface area contributed by atoms with E-state index in [0.717, 1.165) is 11.1 Å². The van der Waals surface area contributed by atoms with Crippen LogP contribution in [0.1, 0.15) is 15.9 Å². The number of para-hydroxylation sites is 1. The van der Waals surface area contributed by atoms with Crippen molar-refractivity contribution in [2.45, 2.75) is 12.5 Å². The normalized spacial score (nSPS) is 12.0. The number of carboxylic acid groups (broad SMARTS) is 1. The first kappa shape index (κ1) is 14.8. The van der Waals surface area contributed by atoms with E-state index in [2.05, 4.69) is 4.98 Å². The second-order valence-electron chi connectivity index (χ2n) is 5.17. The number of ether oxygens (including phenoxy) is 1. The average molecular weight is 309 g/mol. The predicted octanol–water partition coefficient (Wildman–Crippen LogP) is 3.02. The van der Waals surface area contributed by atoms with Crippen molar-refractivity contribution in [1.29, 1.82) is 0 Å². The number of aliphatic carboxylic acids is 1. The molecule has 1 atom stereocenters. The molecular weight excluding hydrogens is 294 g/mol. The summed E-state index contributed by atoms with van der Waals surface area (Å²) in [5.74, 6) is -1.81. The summed E-state index contributed by atoms with van der Waals surface area (Å²) in [7, 11) is 0. The van der Waals surface area contributed by atoms with E-state index in [9.17, 15) is 14.7 Å². The first-order valence-corrected chi connectivity index (χ1v) is 7.19. The van der Waals surface area contributed by atoms with Crippen LogP contribution in [0.4, 0.5) is 0 Å². The lowest BCUT2D eigenvalue weighted by Crippen LogP contribution is -2.29. The summed E-state index contributed by atoms with van der Waals surface area (Å²) < 4.78 is 5.21. The van der Waals surface area contributed by atoms with E-state index < -0.39 is 18.0 Å². The average Bonchev–Trinajstić information content (AvgIpc) is 2.99. The summed E-state index contributed by atoms with van der Waals surface area (Å²) in [6, 6.07) is 16.4.